The predicted molar refractivity (Wildman–Crippen MR) is 136 cm³/mol. The zero-order valence-electron chi connectivity index (χ0n) is 20.9. The van der Waals surface area contributed by atoms with Crippen molar-refractivity contribution in [2.45, 2.75) is 50.9 Å². The van der Waals surface area contributed by atoms with Crippen molar-refractivity contribution in [1.82, 2.24) is 14.7 Å². The third kappa shape index (κ3) is 8.47. The summed E-state index contributed by atoms with van der Waals surface area (Å²) in [6.07, 6.45) is 2.55. The van der Waals surface area contributed by atoms with Gasteiger partial charge in [0.25, 0.3) is 10.0 Å². The highest BCUT2D eigenvalue weighted by Crippen LogP contribution is 2.22. The van der Waals surface area contributed by atoms with Crippen LogP contribution in [-0.2, 0) is 32.6 Å². The molecular formula is C26H35N3O5S. The third-order valence-corrected chi connectivity index (χ3v) is 6.64. The van der Waals surface area contributed by atoms with Gasteiger partial charge < -0.3 is 9.32 Å². The zero-order chi connectivity index (χ0) is 25.5. The number of likely N-dealkylation sites (N-methyl/N-ethyl adjacent to an activating group) is 1. The summed E-state index contributed by atoms with van der Waals surface area (Å²) in [7, 11) is -1.71. The summed E-state index contributed by atoms with van der Waals surface area (Å²) in [6.45, 7) is 7.83. The quantitative estimate of drug-likeness (QED) is 0.282. The normalized spacial score (nSPS) is 12.4. The van der Waals surface area contributed by atoms with Crippen molar-refractivity contribution in [3.8, 4) is 0 Å². The molecule has 8 nitrogen and oxygen atoms in total. The molecule has 3 rings (SSSR count). The lowest BCUT2D eigenvalue weighted by Crippen LogP contribution is -2.33. The van der Waals surface area contributed by atoms with Crippen molar-refractivity contribution in [1.29, 1.82) is 0 Å². The fourth-order valence-corrected chi connectivity index (χ4v) is 4.61. The third-order valence-electron chi connectivity index (χ3n) is 5.33. The molecule has 0 unspecified atom stereocenters. The molecule has 0 aliphatic rings. The van der Waals surface area contributed by atoms with Crippen molar-refractivity contribution in [3.05, 3.63) is 65.7 Å². The summed E-state index contributed by atoms with van der Waals surface area (Å²) < 4.78 is 33.1. The number of benzene rings is 2. The molecule has 0 aliphatic heterocycles. The second-order valence-corrected chi connectivity index (χ2v) is 11.3. The summed E-state index contributed by atoms with van der Waals surface area (Å²) in [5, 5.41) is 2.01. The van der Waals surface area contributed by atoms with Crippen molar-refractivity contribution < 1.29 is 22.5 Å². The number of para-hydroxylation sites is 1. The number of furan rings is 1. The van der Waals surface area contributed by atoms with Crippen LogP contribution in [0, 0.1) is 0 Å². The highest BCUT2D eigenvalue weighted by molar-refractivity contribution is 7.89. The van der Waals surface area contributed by atoms with Gasteiger partial charge in [0.15, 0.2) is 0 Å². The molecule has 0 bridgehead atoms. The van der Waals surface area contributed by atoms with Crippen LogP contribution in [0.3, 0.4) is 0 Å². The van der Waals surface area contributed by atoms with Crippen LogP contribution in [0.2, 0.25) is 0 Å². The molecule has 0 fully saturated rings. The maximum absolute atomic E-state index is 12.5. The second-order valence-electron chi connectivity index (χ2n) is 9.61. The van der Waals surface area contributed by atoms with Gasteiger partial charge in [-0.15, -0.1) is 0 Å². The number of nitrogens with zero attached hydrogens (tertiary/aromatic N) is 2. The van der Waals surface area contributed by atoms with E-state index in [9.17, 15) is 13.2 Å². The highest BCUT2D eigenvalue weighted by atomic mass is 32.2. The Hall–Kier alpha value is -2.72. The van der Waals surface area contributed by atoms with Crippen LogP contribution in [0.4, 0.5) is 0 Å². The van der Waals surface area contributed by atoms with Gasteiger partial charge in [-0.3, -0.25) is 9.63 Å². The van der Waals surface area contributed by atoms with Gasteiger partial charge in [0.1, 0.15) is 5.58 Å². The molecule has 0 spiro atoms. The Morgan fingerprint density at radius 2 is 1.71 bits per heavy atom. The van der Waals surface area contributed by atoms with E-state index in [0.29, 0.717) is 31.6 Å². The minimum atomic E-state index is -3.68. The highest BCUT2D eigenvalue weighted by Gasteiger charge is 2.19. The molecule has 190 valence electrons. The fraction of sp³-hybridized carbons (Fsp3) is 0.423. The number of rotatable bonds is 13. The zero-order valence-corrected chi connectivity index (χ0v) is 21.7. The average Bonchev–Trinajstić information content (AvgIpc) is 3.24. The number of aryl methyl sites for hydroxylation is 1. The summed E-state index contributed by atoms with van der Waals surface area (Å²) >= 11 is 0. The lowest BCUT2D eigenvalue weighted by molar-refractivity contribution is -0.220. The van der Waals surface area contributed by atoms with Crippen LogP contribution >= 0.6 is 0 Å². The number of hydrogen-bond donors (Lipinski definition) is 1. The first kappa shape index (κ1) is 26.9. The monoisotopic (exact) mass is 501 g/mol. The number of carbonyl (C=O) groups excluding carboxylic acids is 1. The first-order valence-electron chi connectivity index (χ1n) is 11.7. The SMILES string of the molecule is CN(CCCc1ccc(CN(C=O)OC(C)(C)C)cc1)CCNS(=O)(=O)c1cc2ccccc2o1. The molecule has 0 radical (unpaired) electrons. The maximum atomic E-state index is 12.5. The van der Waals surface area contributed by atoms with Gasteiger partial charge in [0.2, 0.25) is 11.5 Å². The Morgan fingerprint density at radius 3 is 2.37 bits per heavy atom. The summed E-state index contributed by atoms with van der Waals surface area (Å²) in [4.78, 5) is 19.0. The Kier molecular flexibility index (Phi) is 9.07. The van der Waals surface area contributed by atoms with E-state index in [1.165, 1.54) is 10.6 Å². The van der Waals surface area contributed by atoms with Crippen molar-refractivity contribution in [2.24, 2.45) is 0 Å². The average molecular weight is 502 g/mol. The molecule has 1 aromatic heterocycles. The van der Waals surface area contributed by atoms with Crippen molar-refractivity contribution in [3.63, 3.8) is 0 Å². The van der Waals surface area contributed by atoms with Crippen LogP contribution in [-0.4, -0.2) is 57.1 Å². The second kappa shape index (κ2) is 11.8. The van der Waals surface area contributed by atoms with Crippen LogP contribution in [0.1, 0.15) is 38.3 Å². The first-order valence-corrected chi connectivity index (χ1v) is 13.2. The Balaban J connectivity index is 1.38. The maximum Gasteiger partial charge on any atom is 0.274 e. The van der Waals surface area contributed by atoms with Crippen LogP contribution in [0.5, 0.6) is 0 Å². The summed E-state index contributed by atoms with van der Waals surface area (Å²) in [6, 6.07) is 16.9. The fourth-order valence-electron chi connectivity index (χ4n) is 3.63. The molecule has 3 aromatic rings. The van der Waals surface area contributed by atoms with Crippen LogP contribution in [0.25, 0.3) is 11.0 Å². The number of carbonyl (C=O) groups is 1. The molecule has 1 amide bonds. The van der Waals surface area contributed by atoms with Crippen LogP contribution < -0.4 is 4.72 Å². The minimum absolute atomic E-state index is 0.0639. The van der Waals surface area contributed by atoms with E-state index in [4.69, 9.17) is 9.25 Å². The molecule has 0 saturated carbocycles. The number of fused-ring (bicyclic) bond motifs is 1. The Morgan fingerprint density at radius 1 is 1.03 bits per heavy atom. The number of hydroxylamine groups is 2. The number of hydrogen-bond acceptors (Lipinski definition) is 6. The lowest BCUT2D eigenvalue weighted by atomic mass is 10.1. The molecule has 0 saturated heterocycles. The molecule has 9 heteroatoms. The van der Waals surface area contributed by atoms with E-state index < -0.39 is 15.6 Å². The Labute approximate surface area is 207 Å². The number of amides is 1. The summed E-state index contributed by atoms with van der Waals surface area (Å²) in [5.74, 6) is 0. The molecule has 0 aliphatic carbocycles. The molecule has 0 atom stereocenters. The van der Waals surface area contributed by atoms with E-state index in [0.717, 1.165) is 30.3 Å². The largest absolute Gasteiger partial charge is 0.443 e. The minimum Gasteiger partial charge on any atom is -0.443 e. The molecule has 2 aromatic carbocycles. The van der Waals surface area contributed by atoms with Crippen LogP contribution in [0.15, 0.2) is 64.1 Å². The van der Waals surface area contributed by atoms with Gasteiger partial charge in [0.05, 0.1) is 12.1 Å². The molecule has 35 heavy (non-hydrogen) atoms. The van der Waals surface area contributed by atoms with Gasteiger partial charge in [-0.25, -0.2) is 18.2 Å². The molecule has 1 heterocycles. The summed E-state index contributed by atoms with van der Waals surface area (Å²) in [5.41, 5.74) is 2.33. The topological polar surface area (TPSA) is 92.1 Å². The van der Waals surface area contributed by atoms with E-state index >= 15 is 0 Å². The lowest BCUT2D eigenvalue weighted by Gasteiger charge is -2.26. The smallest absolute Gasteiger partial charge is 0.274 e. The van der Waals surface area contributed by atoms with E-state index in [1.54, 1.807) is 12.1 Å². The first-order chi connectivity index (χ1) is 16.6. The molecular weight excluding hydrogens is 466 g/mol. The Bertz CT molecular complexity index is 1170. The van der Waals surface area contributed by atoms with Gasteiger partial charge >= 0.3 is 0 Å². The standard InChI is InChI=1S/C26H35N3O5S/c1-26(2,3)34-29(20-30)19-22-13-11-21(12-14-22)8-7-16-28(4)17-15-27-35(31,32)25-18-23-9-5-6-10-24(23)33-25/h5-6,9-14,18,20,27H,7-8,15-17,19H2,1-4H3. The van der Waals surface area contributed by atoms with Gasteiger partial charge in [-0.2, -0.15) is 0 Å². The van der Waals surface area contributed by atoms with Gasteiger partial charge in [-0.1, -0.05) is 42.5 Å². The van der Waals surface area contributed by atoms with Gasteiger partial charge in [-0.05, 0) is 64.4 Å². The number of sulfonamides is 1. The van der Waals surface area contributed by atoms with E-state index in [2.05, 4.69) is 21.8 Å². The van der Waals surface area contributed by atoms with Gasteiger partial charge in [0, 0.05) is 24.5 Å². The van der Waals surface area contributed by atoms with Crippen molar-refractivity contribution in [2.75, 3.05) is 26.7 Å². The molecule has 1 N–H and O–H groups in total. The van der Waals surface area contributed by atoms with Crippen molar-refractivity contribution >= 4 is 27.4 Å². The van der Waals surface area contributed by atoms with E-state index in [1.807, 2.05) is 58.2 Å². The predicted octanol–water partition coefficient (Wildman–Crippen LogP) is 3.96. The number of nitrogens with one attached hydrogen (secondary N) is 1. The van der Waals surface area contributed by atoms with E-state index in [-0.39, 0.29) is 5.09 Å².